The van der Waals surface area contributed by atoms with Gasteiger partial charge in [0.2, 0.25) is 5.91 Å². The van der Waals surface area contributed by atoms with Gasteiger partial charge in [0, 0.05) is 12.5 Å². The summed E-state index contributed by atoms with van der Waals surface area (Å²) in [7, 11) is 1.66. The number of rotatable bonds is 11. The lowest BCUT2D eigenvalue weighted by atomic mass is 10.2. The number of carbonyl (C=O) groups excluding carboxylic acids is 1. The Morgan fingerprint density at radius 3 is 2.81 bits per heavy atom. The van der Waals surface area contributed by atoms with Crippen LogP contribution in [0.5, 0.6) is 11.5 Å². The number of fused-ring (bicyclic) bond motifs is 1. The van der Waals surface area contributed by atoms with E-state index in [1.165, 1.54) is 0 Å². The molecule has 0 spiro atoms. The van der Waals surface area contributed by atoms with Crippen molar-refractivity contribution in [1.29, 1.82) is 0 Å². The largest absolute Gasteiger partial charge is 0.493 e. The molecule has 1 aliphatic rings. The molecule has 1 N–H and O–H groups in total. The molecule has 1 heterocycles. The van der Waals surface area contributed by atoms with Gasteiger partial charge in [0.25, 0.3) is 0 Å². The molecule has 0 saturated heterocycles. The average molecular weight is 434 g/mol. The molecule has 0 bridgehead atoms. The van der Waals surface area contributed by atoms with Gasteiger partial charge in [-0.15, -0.1) is 0 Å². The van der Waals surface area contributed by atoms with Crippen LogP contribution in [-0.2, 0) is 17.9 Å². The number of aromatic nitrogens is 2. The summed E-state index contributed by atoms with van der Waals surface area (Å²) < 4.78 is 13.7. The van der Waals surface area contributed by atoms with Crippen LogP contribution >= 0.6 is 0 Å². The Hall–Kier alpha value is -3.28. The Bertz CT molecular complexity index is 1100. The van der Waals surface area contributed by atoms with Crippen LogP contribution in [0.1, 0.15) is 44.0 Å². The fourth-order valence-electron chi connectivity index (χ4n) is 3.82. The number of allylic oxidation sites excluding steroid dienone is 1. The molecule has 0 atom stereocenters. The Labute approximate surface area is 189 Å². The summed E-state index contributed by atoms with van der Waals surface area (Å²) in [6.45, 7) is 3.90. The van der Waals surface area contributed by atoms with Gasteiger partial charge >= 0.3 is 0 Å². The van der Waals surface area contributed by atoms with Crippen molar-refractivity contribution in [3.8, 4) is 11.5 Å². The van der Waals surface area contributed by atoms with E-state index in [1.807, 2.05) is 55.5 Å². The number of hydrogen-bond donors (Lipinski definition) is 1. The molecular weight excluding hydrogens is 402 g/mol. The summed E-state index contributed by atoms with van der Waals surface area (Å²) in [5.74, 6) is 2.76. The van der Waals surface area contributed by atoms with E-state index < -0.39 is 0 Å². The molecule has 0 radical (unpaired) electrons. The molecule has 1 fully saturated rings. The fraction of sp³-hybridized carbons (Fsp3) is 0.385. The van der Waals surface area contributed by atoms with Gasteiger partial charge in [-0.1, -0.05) is 30.4 Å². The van der Waals surface area contributed by atoms with Gasteiger partial charge in [0.15, 0.2) is 11.5 Å². The van der Waals surface area contributed by atoms with Crippen molar-refractivity contribution in [2.75, 3.05) is 13.7 Å². The van der Waals surface area contributed by atoms with E-state index in [0.717, 1.165) is 66.1 Å². The topological polar surface area (TPSA) is 65.4 Å². The number of amides is 1. The van der Waals surface area contributed by atoms with Crippen LogP contribution in [0, 0.1) is 5.92 Å². The van der Waals surface area contributed by atoms with Crippen LogP contribution < -0.4 is 14.8 Å². The van der Waals surface area contributed by atoms with E-state index in [2.05, 4.69) is 16.0 Å². The molecule has 6 heteroatoms. The van der Waals surface area contributed by atoms with Crippen molar-refractivity contribution in [2.24, 2.45) is 5.92 Å². The highest BCUT2D eigenvalue weighted by Gasteiger charge is 2.29. The molecule has 1 saturated carbocycles. The van der Waals surface area contributed by atoms with Crippen molar-refractivity contribution >= 4 is 23.0 Å². The molecule has 4 rings (SSSR count). The second-order valence-electron chi connectivity index (χ2n) is 8.13. The minimum Gasteiger partial charge on any atom is -0.493 e. The van der Waals surface area contributed by atoms with Gasteiger partial charge in [-0.05, 0) is 62.4 Å². The van der Waals surface area contributed by atoms with E-state index >= 15 is 0 Å². The molecule has 1 amide bonds. The van der Waals surface area contributed by atoms with Gasteiger partial charge in [-0.25, -0.2) is 4.98 Å². The van der Waals surface area contributed by atoms with Gasteiger partial charge in [0.1, 0.15) is 5.82 Å². The molecule has 0 aliphatic heterocycles. The number of ether oxygens (including phenoxy) is 2. The first-order chi connectivity index (χ1) is 15.7. The molecule has 6 nitrogen and oxygen atoms in total. The van der Waals surface area contributed by atoms with Crippen molar-refractivity contribution < 1.29 is 14.3 Å². The zero-order chi connectivity index (χ0) is 22.3. The SMILES string of the molecule is C/C=C/c1ccc(OCCCCn2c(CNC(=O)C3CC3)nc3ccccc32)c(OC)c1. The number of imidazole rings is 1. The van der Waals surface area contributed by atoms with E-state index in [9.17, 15) is 4.79 Å². The van der Waals surface area contributed by atoms with Gasteiger partial charge in [0.05, 0.1) is 31.3 Å². The van der Waals surface area contributed by atoms with Crippen LogP contribution in [0.15, 0.2) is 48.5 Å². The summed E-state index contributed by atoms with van der Waals surface area (Å²) in [5.41, 5.74) is 3.15. The summed E-state index contributed by atoms with van der Waals surface area (Å²) in [6.07, 6.45) is 7.90. The van der Waals surface area contributed by atoms with E-state index in [4.69, 9.17) is 14.5 Å². The number of carbonyl (C=O) groups is 1. The highest BCUT2D eigenvalue weighted by atomic mass is 16.5. The second kappa shape index (κ2) is 10.4. The molecule has 0 unspecified atom stereocenters. The third kappa shape index (κ3) is 5.31. The summed E-state index contributed by atoms with van der Waals surface area (Å²) >= 11 is 0. The molecule has 1 aromatic heterocycles. The second-order valence-corrected chi connectivity index (χ2v) is 8.13. The lowest BCUT2D eigenvalue weighted by molar-refractivity contribution is -0.122. The molecule has 32 heavy (non-hydrogen) atoms. The first kappa shape index (κ1) is 21.9. The first-order valence-electron chi connectivity index (χ1n) is 11.3. The zero-order valence-electron chi connectivity index (χ0n) is 18.8. The van der Waals surface area contributed by atoms with E-state index in [-0.39, 0.29) is 11.8 Å². The lowest BCUT2D eigenvalue weighted by Crippen LogP contribution is -2.26. The van der Waals surface area contributed by atoms with Crippen molar-refractivity contribution in [3.63, 3.8) is 0 Å². The normalized spacial score (nSPS) is 13.6. The van der Waals surface area contributed by atoms with Crippen molar-refractivity contribution in [3.05, 3.63) is 59.9 Å². The number of methoxy groups -OCH3 is 1. The number of hydrogen-bond acceptors (Lipinski definition) is 4. The Morgan fingerprint density at radius 2 is 2.03 bits per heavy atom. The fourth-order valence-corrected chi connectivity index (χ4v) is 3.82. The Kier molecular flexibility index (Phi) is 7.10. The van der Waals surface area contributed by atoms with Crippen molar-refractivity contribution in [2.45, 2.75) is 45.7 Å². The number of aryl methyl sites for hydroxylation is 1. The summed E-state index contributed by atoms with van der Waals surface area (Å²) in [6, 6.07) is 14.1. The average Bonchev–Trinajstić information content (AvgIpc) is 3.60. The number of nitrogens with zero attached hydrogens (tertiary/aromatic N) is 2. The highest BCUT2D eigenvalue weighted by Crippen LogP contribution is 2.29. The highest BCUT2D eigenvalue weighted by molar-refractivity contribution is 5.81. The Morgan fingerprint density at radius 1 is 1.19 bits per heavy atom. The number of para-hydroxylation sites is 2. The monoisotopic (exact) mass is 433 g/mol. The number of unbranched alkanes of at least 4 members (excludes halogenated alkanes) is 1. The molecule has 2 aromatic carbocycles. The third-order valence-electron chi connectivity index (χ3n) is 5.68. The van der Waals surface area contributed by atoms with Crippen LogP contribution in [0.25, 0.3) is 17.1 Å². The summed E-state index contributed by atoms with van der Waals surface area (Å²) in [5, 5.41) is 3.05. The number of benzene rings is 2. The van der Waals surface area contributed by atoms with E-state index in [0.29, 0.717) is 13.2 Å². The molecule has 168 valence electrons. The lowest BCUT2D eigenvalue weighted by Gasteiger charge is -2.13. The predicted octanol–water partition coefficient (Wildman–Crippen LogP) is 4.96. The standard InChI is InChI=1S/C26H31N3O3/c1-3-8-19-11-14-23(24(17-19)31-2)32-16-7-6-15-29-22-10-5-4-9-21(22)28-25(29)18-27-26(30)20-12-13-20/h3-5,8-11,14,17,20H,6-7,12-13,15-16,18H2,1-2H3,(H,27,30)/b8-3+. The minimum absolute atomic E-state index is 0.145. The van der Waals surface area contributed by atoms with Crippen molar-refractivity contribution in [1.82, 2.24) is 14.9 Å². The zero-order valence-corrected chi connectivity index (χ0v) is 18.8. The summed E-state index contributed by atoms with van der Waals surface area (Å²) in [4.78, 5) is 16.8. The molecule has 1 aliphatic carbocycles. The van der Waals surface area contributed by atoms with Crippen LogP contribution in [-0.4, -0.2) is 29.2 Å². The Balaban J connectivity index is 1.34. The van der Waals surface area contributed by atoms with Gasteiger partial charge < -0.3 is 19.4 Å². The van der Waals surface area contributed by atoms with Crippen LogP contribution in [0.2, 0.25) is 0 Å². The van der Waals surface area contributed by atoms with E-state index in [1.54, 1.807) is 7.11 Å². The maximum Gasteiger partial charge on any atom is 0.223 e. The maximum atomic E-state index is 12.1. The van der Waals surface area contributed by atoms with Gasteiger partial charge in [-0.2, -0.15) is 0 Å². The van der Waals surface area contributed by atoms with Gasteiger partial charge in [-0.3, -0.25) is 4.79 Å². The minimum atomic E-state index is 0.145. The maximum absolute atomic E-state index is 12.1. The third-order valence-corrected chi connectivity index (χ3v) is 5.68. The molecular formula is C26H31N3O3. The first-order valence-corrected chi connectivity index (χ1v) is 11.3. The quantitative estimate of drug-likeness (QED) is 0.434. The van der Waals surface area contributed by atoms with Crippen LogP contribution in [0.3, 0.4) is 0 Å². The van der Waals surface area contributed by atoms with Crippen LogP contribution in [0.4, 0.5) is 0 Å². The molecule has 3 aromatic rings. The predicted molar refractivity (Wildman–Crippen MR) is 127 cm³/mol. The smallest absolute Gasteiger partial charge is 0.223 e. The number of nitrogens with one attached hydrogen (secondary N) is 1.